The predicted molar refractivity (Wildman–Crippen MR) is 86.8 cm³/mol. The van der Waals surface area contributed by atoms with Crippen molar-refractivity contribution >= 4 is 21.8 Å². The first-order valence-electron chi connectivity index (χ1n) is 7.05. The van der Waals surface area contributed by atoms with Gasteiger partial charge in [0.05, 0.1) is 12.4 Å². The quantitative estimate of drug-likeness (QED) is 0.768. The minimum Gasteiger partial charge on any atom is -0.392 e. The van der Waals surface area contributed by atoms with Gasteiger partial charge in [-0.15, -0.1) is 0 Å². The molecule has 1 fully saturated rings. The Bertz CT molecular complexity index is 526. The molecule has 2 rings (SSSR count). The lowest BCUT2D eigenvalue weighted by molar-refractivity contribution is 0.282. The highest BCUT2D eigenvalue weighted by Crippen LogP contribution is 2.09. The van der Waals surface area contributed by atoms with Crippen LogP contribution < -0.4 is 4.72 Å². The molecule has 0 spiro atoms. The molecule has 1 aliphatic rings. The van der Waals surface area contributed by atoms with Crippen molar-refractivity contribution in [3.63, 3.8) is 0 Å². The number of aliphatic hydroxyl groups excluding tert-OH is 1. The van der Waals surface area contributed by atoms with Crippen LogP contribution in [0.1, 0.15) is 11.1 Å². The van der Waals surface area contributed by atoms with Crippen LogP contribution in [-0.4, -0.2) is 56.1 Å². The van der Waals surface area contributed by atoms with Crippen molar-refractivity contribution in [2.45, 2.75) is 12.4 Å². The Balaban J connectivity index is 1.77. The molecule has 0 bridgehead atoms. The monoisotopic (exact) mass is 330 g/mol. The van der Waals surface area contributed by atoms with Crippen LogP contribution in [-0.2, 0) is 22.4 Å². The van der Waals surface area contributed by atoms with E-state index in [1.54, 1.807) is 24.3 Å². The Labute approximate surface area is 130 Å². The highest BCUT2D eigenvalue weighted by Gasteiger charge is 2.13. The number of benzene rings is 1. The lowest BCUT2D eigenvalue weighted by Gasteiger charge is -2.25. The third-order valence-electron chi connectivity index (χ3n) is 3.42. The average Bonchev–Trinajstić information content (AvgIpc) is 2.48. The number of thioether (sulfide) groups is 1. The Morgan fingerprint density at radius 2 is 1.76 bits per heavy atom. The van der Waals surface area contributed by atoms with Crippen LogP contribution in [0.4, 0.5) is 0 Å². The maximum absolute atomic E-state index is 12.0. The third-order valence-corrected chi connectivity index (χ3v) is 5.72. The fourth-order valence-corrected chi connectivity index (χ4v) is 4.31. The number of sulfonamides is 1. The predicted octanol–water partition coefficient (Wildman–Crippen LogP) is 0.647. The molecule has 5 nitrogen and oxygen atoms in total. The van der Waals surface area contributed by atoms with E-state index in [1.165, 1.54) is 0 Å². The molecular formula is C14H22N2O3S2. The zero-order chi connectivity index (χ0) is 15.1. The number of hydrogen-bond acceptors (Lipinski definition) is 5. The smallest absolute Gasteiger partial charge is 0.215 e. The Morgan fingerprint density at radius 3 is 2.38 bits per heavy atom. The summed E-state index contributed by atoms with van der Waals surface area (Å²) in [6, 6.07) is 6.98. The maximum Gasteiger partial charge on any atom is 0.215 e. The summed E-state index contributed by atoms with van der Waals surface area (Å²) in [6.45, 7) is 3.27. The van der Waals surface area contributed by atoms with Gasteiger partial charge in [-0.05, 0) is 11.1 Å². The van der Waals surface area contributed by atoms with Crippen molar-refractivity contribution in [2.75, 3.05) is 37.7 Å². The number of aliphatic hydroxyl groups is 1. The van der Waals surface area contributed by atoms with Crippen LogP contribution >= 0.6 is 11.8 Å². The van der Waals surface area contributed by atoms with E-state index in [0.717, 1.165) is 42.3 Å². The second kappa shape index (κ2) is 8.14. The molecule has 0 saturated carbocycles. The van der Waals surface area contributed by atoms with Gasteiger partial charge in [0, 0.05) is 37.7 Å². The summed E-state index contributed by atoms with van der Waals surface area (Å²) < 4.78 is 26.7. The Morgan fingerprint density at radius 1 is 1.14 bits per heavy atom. The van der Waals surface area contributed by atoms with E-state index in [1.807, 2.05) is 11.8 Å². The molecule has 1 heterocycles. The van der Waals surface area contributed by atoms with Gasteiger partial charge in [0.15, 0.2) is 0 Å². The summed E-state index contributed by atoms with van der Waals surface area (Å²) in [5, 5.41) is 8.96. The molecule has 118 valence electrons. The Hall–Kier alpha value is -0.600. The fourth-order valence-electron chi connectivity index (χ4n) is 2.20. The van der Waals surface area contributed by atoms with E-state index in [2.05, 4.69) is 9.62 Å². The summed E-state index contributed by atoms with van der Waals surface area (Å²) in [6.07, 6.45) is 0. The van der Waals surface area contributed by atoms with Crippen molar-refractivity contribution in [3.8, 4) is 0 Å². The zero-order valence-corrected chi connectivity index (χ0v) is 13.6. The van der Waals surface area contributed by atoms with Gasteiger partial charge in [-0.3, -0.25) is 0 Å². The highest BCUT2D eigenvalue weighted by molar-refractivity contribution is 7.99. The largest absolute Gasteiger partial charge is 0.392 e. The van der Waals surface area contributed by atoms with Gasteiger partial charge < -0.3 is 10.0 Å². The zero-order valence-electron chi connectivity index (χ0n) is 12.0. The molecule has 2 N–H and O–H groups in total. The first-order valence-corrected chi connectivity index (χ1v) is 9.86. The molecular weight excluding hydrogens is 308 g/mol. The summed E-state index contributed by atoms with van der Waals surface area (Å²) in [4.78, 5) is 2.29. The first-order chi connectivity index (χ1) is 10.1. The van der Waals surface area contributed by atoms with Crippen LogP contribution in [0.25, 0.3) is 0 Å². The van der Waals surface area contributed by atoms with Gasteiger partial charge in [-0.1, -0.05) is 24.3 Å². The molecule has 1 saturated heterocycles. The van der Waals surface area contributed by atoms with Crippen LogP contribution in [0.15, 0.2) is 24.3 Å². The van der Waals surface area contributed by atoms with Gasteiger partial charge in [-0.2, -0.15) is 11.8 Å². The van der Waals surface area contributed by atoms with Crippen LogP contribution in [0.2, 0.25) is 0 Å². The lowest BCUT2D eigenvalue weighted by Crippen LogP contribution is -2.39. The van der Waals surface area contributed by atoms with E-state index in [4.69, 9.17) is 5.11 Å². The Kier molecular flexibility index (Phi) is 6.50. The van der Waals surface area contributed by atoms with E-state index < -0.39 is 10.0 Å². The molecule has 0 aromatic heterocycles. The van der Waals surface area contributed by atoms with Gasteiger partial charge in [0.1, 0.15) is 0 Å². The molecule has 0 atom stereocenters. The topological polar surface area (TPSA) is 69.6 Å². The van der Waals surface area contributed by atoms with Gasteiger partial charge in [0.25, 0.3) is 0 Å². The van der Waals surface area contributed by atoms with Crippen LogP contribution in [0.3, 0.4) is 0 Å². The molecule has 1 aromatic carbocycles. The van der Waals surface area contributed by atoms with Crippen molar-refractivity contribution in [2.24, 2.45) is 0 Å². The molecule has 1 aliphatic heterocycles. The van der Waals surface area contributed by atoms with E-state index in [0.29, 0.717) is 6.54 Å². The first kappa shape index (κ1) is 16.8. The SMILES string of the molecule is O=S(=O)(Cc1ccc(CO)cc1)NCCN1CCSCC1. The summed E-state index contributed by atoms with van der Waals surface area (Å²) >= 11 is 1.94. The van der Waals surface area contributed by atoms with Gasteiger partial charge in [0.2, 0.25) is 10.0 Å². The molecule has 7 heteroatoms. The summed E-state index contributed by atoms with van der Waals surface area (Å²) in [7, 11) is -3.30. The highest BCUT2D eigenvalue weighted by atomic mass is 32.2. The minimum atomic E-state index is -3.30. The number of nitrogens with zero attached hydrogens (tertiary/aromatic N) is 1. The summed E-state index contributed by atoms with van der Waals surface area (Å²) in [5.74, 6) is 2.24. The fraction of sp³-hybridized carbons (Fsp3) is 0.571. The van der Waals surface area contributed by atoms with Crippen LogP contribution in [0.5, 0.6) is 0 Å². The van der Waals surface area contributed by atoms with E-state index in [9.17, 15) is 8.42 Å². The average molecular weight is 330 g/mol. The molecule has 21 heavy (non-hydrogen) atoms. The van der Waals surface area contributed by atoms with Gasteiger partial charge in [-0.25, -0.2) is 13.1 Å². The second-order valence-electron chi connectivity index (χ2n) is 5.08. The molecule has 0 radical (unpaired) electrons. The standard InChI is InChI=1S/C14H22N2O3S2/c17-11-13-1-3-14(4-2-13)12-21(18,19)15-5-6-16-7-9-20-10-8-16/h1-4,15,17H,5-12H2. The minimum absolute atomic E-state index is 0.0193. The second-order valence-corrected chi connectivity index (χ2v) is 8.11. The molecule has 0 aliphatic carbocycles. The van der Waals surface area contributed by atoms with Gasteiger partial charge >= 0.3 is 0 Å². The number of nitrogens with one attached hydrogen (secondary N) is 1. The number of hydrogen-bond donors (Lipinski definition) is 2. The summed E-state index contributed by atoms with van der Waals surface area (Å²) in [5.41, 5.74) is 1.51. The van der Waals surface area contributed by atoms with E-state index >= 15 is 0 Å². The van der Waals surface area contributed by atoms with Crippen molar-refractivity contribution in [3.05, 3.63) is 35.4 Å². The lowest BCUT2D eigenvalue weighted by atomic mass is 10.2. The maximum atomic E-state index is 12.0. The molecule has 0 amide bonds. The molecule has 1 aromatic rings. The van der Waals surface area contributed by atoms with Crippen molar-refractivity contribution in [1.29, 1.82) is 0 Å². The van der Waals surface area contributed by atoms with Crippen LogP contribution in [0, 0.1) is 0 Å². The number of rotatable bonds is 7. The van der Waals surface area contributed by atoms with Crippen molar-refractivity contribution in [1.82, 2.24) is 9.62 Å². The normalized spacial score (nSPS) is 17.0. The van der Waals surface area contributed by atoms with Crippen molar-refractivity contribution < 1.29 is 13.5 Å². The van der Waals surface area contributed by atoms with E-state index in [-0.39, 0.29) is 12.4 Å². The molecule has 0 unspecified atom stereocenters. The third kappa shape index (κ3) is 5.96.